The van der Waals surface area contributed by atoms with E-state index in [0.29, 0.717) is 17.6 Å². The molecule has 1 aliphatic rings. The standard InChI is InChI=1S/C27H39NO2S/c1-7-24-22-17-27(4,5)12-11-21(22)26(31-24)23(29)10-9-20-15-18(2)25(19(3)16-20)30-14-8-13-28-6/h15-16,28H,7-14,17H2,1-6H3. The first-order valence-corrected chi connectivity index (χ1v) is 12.6. The summed E-state index contributed by atoms with van der Waals surface area (Å²) in [6.45, 7) is 12.8. The maximum Gasteiger partial charge on any atom is 0.173 e. The van der Waals surface area contributed by atoms with Gasteiger partial charge in [0.15, 0.2) is 5.78 Å². The summed E-state index contributed by atoms with van der Waals surface area (Å²) in [6, 6.07) is 4.38. The number of nitrogens with one attached hydrogen (secondary N) is 1. The monoisotopic (exact) mass is 441 g/mol. The van der Waals surface area contributed by atoms with E-state index in [-0.39, 0.29) is 0 Å². The van der Waals surface area contributed by atoms with Crippen molar-refractivity contribution in [3.8, 4) is 5.75 Å². The Bertz CT molecular complexity index is 903. The van der Waals surface area contributed by atoms with Crippen LogP contribution in [0.4, 0.5) is 0 Å². The lowest BCUT2D eigenvalue weighted by Crippen LogP contribution is -2.22. The number of thiophene rings is 1. The zero-order chi connectivity index (χ0) is 22.6. The molecule has 170 valence electrons. The number of aryl methyl sites for hydroxylation is 4. The molecule has 0 saturated heterocycles. The van der Waals surface area contributed by atoms with Gasteiger partial charge in [-0.1, -0.05) is 32.9 Å². The minimum absolute atomic E-state index is 0.323. The van der Waals surface area contributed by atoms with E-state index < -0.39 is 0 Å². The zero-order valence-corrected chi connectivity index (χ0v) is 21.1. The highest BCUT2D eigenvalue weighted by molar-refractivity contribution is 7.14. The summed E-state index contributed by atoms with van der Waals surface area (Å²) in [7, 11) is 1.96. The average Bonchev–Trinajstić information content (AvgIpc) is 3.07. The Hall–Kier alpha value is -1.65. The SMILES string of the molecule is CCc1sc(C(=O)CCc2cc(C)c(OCCCNC)c(C)c2)c2c1CC(C)(C)CC2. The van der Waals surface area contributed by atoms with Gasteiger partial charge in [0.2, 0.25) is 0 Å². The second-order valence-corrected chi connectivity index (χ2v) is 10.9. The fourth-order valence-electron chi connectivity index (χ4n) is 4.77. The summed E-state index contributed by atoms with van der Waals surface area (Å²) in [5, 5.41) is 3.15. The first kappa shape index (κ1) is 24.0. The third-order valence-electron chi connectivity index (χ3n) is 6.46. The summed E-state index contributed by atoms with van der Waals surface area (Å²) in [5.41, 5.74) is 6.76. The minimum Gasteiger partial charge on any atom is -0.493 e. The maximum atomic E-state index is 13.2. The Balaban J connectivity index is 1.68. The molecule has 31 heavy (non-hydrogen) atoms. The van der Waals surface area contributed by atoms with E-state index in [4.69, 9.17) is 4.74 Å². The fraction of sp³-hybridized carbons (Fsp3) is 0.593. The molecule has 4 heteroatoms. The molecule has 0 aliphatic heterocycles. The van der Waals surface area contributed by atoms with Gasteiger partial charge in [-0.2, -0.15) is 0 Å². The number of Topliss-reactive ketones (excluding diaryl/α,β-unsaturated/α-hetero) is 1. The van der Waals surface area contributed by atoms with Crippen LogP contribution in [0.5, 0.6) is 5.75 Å². The number of ketones is 1. The molecule has 1 aromatic carbocycles. The van der Waals surface area contributed by atoms with Crippen LogP contribution in [0, 0.1) is 19.3 Å². The van der Waals surface area contributed by atoms with Crippen LogP contribution in [0.25, 0.3) is 0 Å². The van der Waals surface area contributed by atoms with Gasteiger partial charge >= 0.3 is 0 Å². The fourth-order valence-corrected chi connectivity index (χ4v) is 6.04. The Morgan fingerprint density at radius 3 is 2.55 bits per heavy atom. The van der Waals surface area contributed by atoms with Crippen LogP contribution in [0.15, 0.2) is 12.1 Å². The summed E-state index contributed by atoms with van der Waals surface area (Å²) >= 11 is 1.77. The average molecular weight is 442 g/mol. The van der Waals surface area contributed by atoms with Gasteiger partial charge in [0.25, 0.3) is 0 Å². The Morgan fingerprint density at radius 1 is 1.19 bits per heavy atom. The Kier molecular flexibility index (Phi) is 7.98. The van der Waals surface area contributed by atoms with E-state index in [1.54, 1.807) is 11.3 Å². The molecular formula is C27H39NO2S. The van der Waals surface area contributed by atoms with E-state index in [9.17, 15) is 4.79 Å². The molecule has 0 unspecified atom stereocenters. The predicted molar refractivity (Wildman–Crippen MR) is 132 cm³/mol. The smallest absolute Gasteiger partial charge is 0.173 e. The molecule has 2 aromatic rings. The van der Waals surface area contributed by atoms with Crippen molar-refractivity contribution in [3.05, 3.63) is 49.7 Å². The second kappa shape index (κ2) is 10.3. The van der Waals surface area contributed by atoms with Gasteiger partial charge in [-0.3, -0.25) is 4.79 Å². The van der Waals surface area contributed by atoms with Crippen LogP contribution >= 0.6 is 11.3 Å². The van der Waals surface area contributed by atoms with Crippen molar-refractivity contribution in [2.75, 3.05) is 20.2 Å². The maximum absolute atomic E-state index is 13.2. The number of ether oxygens (including phenoxy) is 1. The molecule has 0 bridgehead atoms. The number of hydrogen-bond donors (Lipinski definition) is 1. The van der Waals surface area contributed by atoms with Crippen LogP contribution in [0.2, 0.25) is 0 Å². The lowest BCUT2D eigenvalue weighted by Gasteiger charge is -2.30. The van der Waals surface area contributed by atoms with E-state index >= 15 is 0 Å². The zero-order valence-electron chi connectivity index (χ0n) is 20.2. The molecule has 0 radical (unpaired) electrons. The molecule has 0 amide bonds. The van der Waals surface area contributed by atoms with Crippen LogP contribution < -0.4 is 10.1 Å². The minimum atomic E-state index is 0.323. The van der Waals surface area contributed by atoms with Gasteiger partial charge < -0.3 is 10.1 Å². The topological polar surface area (TPSA) is 38.3 Å². The molecule has 1 heterocycles. The first-order chi connectivity index (χ1) is 14.8. The normalized spacial score (nSPS) is 15.0. The van der Waals surface area contributed by atoms with Crippen molar-refractivity contribution >= 4 is 17.1 Å². The summed E-state index contributed by atoms with van der Waals surface area (Å²) < 4.78 is 6.01. The second-order valence-electron chi connectivity index (χ2n) is 9.79. The summed E-state index contributed by atoms with van der Waals surface area (Å²) in [4.78, 5) is 15.7. The summed E-state index contributed by atoms with van der Waals surface area (Å²) in [6.07, 6.45) is 6.74. The highest BCUT2D eigenvalue weighted by Crippen LogP contribution is 2.42. The number of rotatable bonds is 10. The number of hydrogen-bond acceptors (Lipinski definition) is 4. The highest BCUT2D eigenvalue weighted by Gasteiger charge is 2.31. The quantitative estimate of drug-likeness (QED) is 0.350. The predicted octanol–water partition coefficient (Wildman–Crippen LogP) is 6.25. The number of fused-ring (bicyclic) bond motifs is 1. The van der Waals surface area contributed by atoms with Gasteiger partial charge in [0.1, 0.15) is 5.75 Å². The van der Waals surface area contributed by atoms with E-state index in [0.717, 1.165) is 67.0 Å². The third kappa shape index (κ3) is 5.78. The number of carbonyl (C=O) groups excluding carboxylic acids is 1. The van der Waals surface area contributed by atoms with Crippen LogP contribution in [-0.2, 0) is 25.7 Å². The largest absolute Gasteiger partial charge is 0.493 e. The van der Waals surface area contributed by atoms with Crippen LogP contribution in [0.1, 0.15) is 82.4 Å². The molecule has 0 saturated carbocycles. The van der Waals surface area contributed by atoms with Crippen LogP contribution in [-0.4, -0.2) is 26.0 Å². The van der Waals surface area contributed by atoms with Crippen molar-refractivity contribution < 1.29 is 9.53 Å². The molecule has 3 nitrogen and oxygen atoms in total. The van der Waals surface area contributed by atoms with Gasteiger partial charge in [0.05, 0.1) is 11.5 Å². The summed E-state index contributed by atoms with van der Waals surface area (Å²) in [5.74, 6) is 1.32. The molecule has 3 rings (SSSR count). The van der Waals surface area contributed by atoms with Crippen LogP contribution in [0.3, 0.4) is 0 Å². The van der Waals surface area contributed by atoms with Crippen molar-refractivity contribution in [3.63, 3.8) is 0 Å². The lowest BCUT2D eigenvalue weighted by molar-refractivity contribution is 0.0985. The first-order valence-electron chi connectivity index (χ1n) is 11.8. The Morgan fingerprint density at radius 2 is 1.90 bits per heavy atom. The Labute approximate surface area is 192 Å². The highest BCUT2D eigenvalue weighted by atomic mass is 32.1. The van der Waals surface area contributed by atoms with Gasteiger partial charge in [-0.15, -0.1) is 11.3 Å². The lowest BCUT2D eigenvalue weighted by atomic mass is 9.74. The molecule has 0 fully saturated rings. The van der Waals surface area contributed by atoms with Crippen molar-refractivity contribution in [1.29, 1.82) is 0 Å². The van der Waals surface area contributed by atoms with Crippen molar-refractivity contribution in [2.24, 2.45) is 5.41 Å². The third-order valence-corrected chi connectivity index (χ3v) is 7.92. The van der Waals surface area contributed by atoms with E-state index in [1.165, 1.54) is 28.0 Å². The van der Waals surface area contributed by atoms with Gasteiger partial charge in [-0.05, 0) is 99.2 Å². The molecule has 1 aromatic heterocycles. The van der Waals surface area contributed by atoms with Crippen molar-refractivity contribution in [2.45, 2.75) is 79.6 Å². The molecular weight excluding hydrogens is 402 g/mol. The molecule has 0 spiro atoms. The van der Waals surface area contributed by atoms with E-state index in [1.807, 2.05) is 7.05 Å². The van der Waals surface area contributed by atoms with Gasteiger partial charge in [-0.25, -0.2) is 0 Å². The molecule has 1 aliphatic carbocycles. The molecule has 1 N–H and O–H groups in total. The number of carbonyl (C=O) groups is 1. The molecule has 0 atom stereocenters. The number of benzene rings is 1. The van der Waals surface area contributed by atoms with Crippen molar-refractivity contribution in [1.82, 2.24) is 5.32 Å². The van der Waals surface area contributed by atoms with E-state index in [2.05, 4.69) is 52.1 Å². The van der Waals surface area contributed by atoms with Gasteiger partial charge in [0, 0.05) is 11.3 Å².